The largest absolute Gasteiger partial charge is 0.507 e. The normalized spacial score (nSPS) is 11.2. The van der Waals surface area contributed by atoms with Crippen LogP contribution in [-0.2, 0) is 4.74 Å². The summed E-state index contributed by atoms with van der Waals surface area (Å²) in [6, 6.07) is 37.2. The minimum absolute atomic E-state index is 0.213. The van der Waals surface area contributed by atoms with E-state index in [-0.39, 0.29) is 6.79 Å². The molecule has 5 nitrogen and oxygen atoms in total. The Hall–Kier alpha value is -4.66. The van der Waals surface area contributed by atoms with E-state index >= 15 is 0 Å². The third-order valence-corrected chi connectivity index (χ3v) is 12.4. The molecule has 2 unspecified atom stereocenters. The van der Waals surface area contributed by atoms with E-state index in [4.69, 9.17) is 18.9 Å². The molecule has 0 amide bonds. The van der Waals surface area contributed by atoms with E-state index in [2.05, 4.69) is 108 Å². The number of hydrogen-bond acceptors (Lipinski definition) is 5. The maximum absolute atomic E-state index is 11.0. The zero-order valence-electron chi connectivity index (χ0n) is 32.2. The second-order valence-electron chi connectivity index (χ2n) is 13.0. The Bertz CT molecular complexity index is 2150. The average molecular weight is 745 g/mol. The molecule has 53 heavy (non-hydrogen) atoms. The first-order chi connectivity index (χ1) is 25.6. The van der Waals surface area contributed by atoms with Crippen LogP contribution >= 0.6 is 17.2 Å². The van der Waals surface area contributed by atoms with Gasteiger partial charge in [0, 0.05) is 39.5 Å². The van der Waals surface area contributed by atoms with Gasteiger partial charge in [0.25, 0.3) is 0 Å². The molecule has 6 aromatic rings. The van der Waals surface area contributed by atoms with Crippen molar-refractivity contribution >= 4 is 38.4 Å². The van der Waals surface area contributed by atoms with Crippen LogP contribution in [0.25, 0.3) is 22.3 Å². The summed E-state index contributed by atoms with van der Waals surface area (Å²) >= 11 is 0. The molecule has 0 aliphatic rings. The van der Waals surface area contributed by atoms with Gasteiger partial charge in [0.15, 0.2) is 6.79 Å². The maximum Gasteiger partial charge on any atom is 0.188 e. The summed E-state index contributed by atoms with van der Waals surface area (Å²) in [6.07, 6.45) is 0. The summed E-state index contributed by atoms with van der Waals surface area (Å²) in [5.74, 6) is 3.03. The topological polar surface area (TPSA) is 57.2 Å². The van der Waals surface area contributed by atoms with Crippen molar-refractivity contribution in [1.29, 1.82) is 0 Å². The molecule has 0 aliphatic carbocycles. The highest BCUT2D eigenvalue weighted by Gasteiger charge is 2.18. The van der Waals surface area contributed by atoms with Gasteiger partial charge in [-0.3, -0.25) is 0 Å². The molecule has 0 aromatic heterocycles. The molecule has 2 atom stereocenters. The molecule has 0 aliphatic heterocycles. The lowest BCUT2D eigenvalue weighted by molar-refractivity contribution is 0.0523. The summed E-state index contributed by atoms with van der Waals surface area (Å²) in [5, 5.41) is 15.4. The molecule has 7 heteroatoms. The fraction of sp³-hybridized carbons (Fsp3) is 0.217. The lowest BCUT2D eigenvalue weighted by Gasteiger charge is -2.19. The first-order valence-corrected chi connectivity index (χ1v) is 19.6. The van der Waals surface area contributed by atoms with Crippen molar-refractivity contribution in [3.63, 3.8) is 0 Å². The van der Waals surface area contributed by atoms with E-state index < -0.39 is 0 Å². The van der Waals surface area contributed by atoms with Gasteiger partial charge in [0.05, 0.1) is 14.2 Å². The molecule has 6 aromatic carbocycles. The molecule has 274 valence electrons. The van der Waals surface area contributed by atoms with Crippen LogP contribution in [0.4, 0.5) is 0 Å². The Morgan fingerprint density at radius 2 is 0.868 bits per heavy atom. The zero-order chi connectivity index (χ0) is 38.1. The molecule has 0 radical (unpaired) electrons. The van der Waals surface area contributed by atoms with Gasteiger partial charge in [-0.1, -0.05) is 114 Å². The number of phenolic OH excluding ortho intramolecular Hbond substituents is 1. The van der Waals surface area contributed by atoms with E-state index in [1.54, 1.807) is 21.3 Å². The fourth-order valence-electron chi connectivity index (χ4n) is 6.64. The molecule has 1 N–H and O–H groups in total. The van der Waals surface area contributed by atoms with E-state index in [9.17, 15) is 5.11 Å². The standard InChI is InChI=1S/C24H27O3P.C22H23O2P/c1-16-9-6-10-17(2)22(16)19-12-8-14-21(23(19)27-15-25-4)28-24-18(3)11-7-13-20(24)26-5;1-14-8-5-9-15(2)20(14)17-11-7-13-19(21(17)23)25-22-16(3)10-6-12-18(22)24-4/h6-14,28H,15H2,1-5H3;5-13,23,25H,1-4H3. The quantitative estimate of drug-likeness (QED) is 0.106. The highest BCUT2D eigenvalue weighted by molar-refractivity contribution is 7.56. The van der Waals surface area contributed by atoms with Crippen molar-refractivity contribution in [3.05, 3.63) is 143 Å². The molecular formula is C46H50O5P2. The van der Waals surface area contributed by atoms with E-state index in [0.717, 1.165) is 49.9 Å². The molecule has 6 rings (SSSR count). The number of methoxy groups -OCH3 is 3. The number of benzene rings is 6. The SMILES string of the molecule is COCOc1c(Pc2c(C)cccc2OC)cccc1-c1c(C)cccc1C.COc1cccc(C)c1Pc1cccc(-c2c(C)cccc2C)c1O. The van der Waals surface area contributed by atoms with Crippen LogP contribution in [0.1, 0.15) is 33.4 Å². The summed E-state index contributed by atoms with van der Waals surface area (Å²) in [5.41, 5.74) is 11.5. The van der Waals surface area contributed by atoms with Crippen molar-refractivity contribution in [2.24, 2.45) is 0 Å². The van der Waals surface area contributed by atoms with Crippen LogP contribution in [0.2, 0.25) is 0 Å². The minimum atomic E-state index is 0.213. The number of para-hydroxylation sites is 2. The first-order valence-electron chi connectivity index (χ1n) is 17.6. The summed E-state index contributed by atoms with van der Waals surface area (Å²) in [4.78, 5) is 0. The number of aryl methyl sites for hydroxylation is 6. The first kappa shape index (κ1) is 39.5. The number of hydrogen-bond donors (Lipinski definition) is 1. The molecule has 0 saturated carbocycles. The summed E-state index contributed by atoms with van der Waals surface area (Å²) < 4.78 is 22.5. The van der Waals surface area contributed by atoms with Crippen LogP contribution in [0.3, 0.4) is 0 Å². The van der Waals surface area contributed by atoms with Gasteiger partial charge < -0.3 is 24.1 Å². The summed E-state index contributed by atoms with van der Waals surface area (Å²) in [7, 11) is 5.82. The Balaban J connectivity index is 0.000000206. The third kappa shape index (κ3) is 9.11. The zero-order valence-corrected chi connectivity index (χ0v) is 34.2. The van der Waals surface area contributed by atoms with Gasteiger partial charge >= 0.3 is 0 Å². The van der Waals surface area contributed by atoms with Crippen molar-refractivity contribution in [1.82, 2.24) is 0 Å². The lowest BCUT2D eigenvalue weighted by Crippen LogP contribution is -2.14. The summed E-state index contributed by atoms with van der Waals surface area (Å²) in [6.45, 7) is 12.9. The van der Waals surface area contributed by atoms with E-state index in [1.807, 2.05) is 42.5 Å². The van der Waals surface area contributed by atoms with Crippen LogP contribution in [0, 0.1) is 41.5 Å². The number of phenols is 1. The predicted octanol–water partition coefficient (Wildman–Crippen LogP) is 9.52. The van der Waals surface area contributed by atoms with Crippen molar-refractivity contribution < 1.29 is 24.1 Å². The van der Waals surface area contributed by atoms with Crippen molar-refractivity contribution in [2.75, 3.05) is 28.1 Å². The number of aromatic hydroxyl groups is 1. The molecule has 0 bridgehead atoms. The van der Waals surface area contributed by atoms with Gasteiger partial charge in [-0.25, -0.2) is 0 Å². The van der Waals surface area contributed by atoms with Gasteiger partial charge in [0.2, 0.25) is 0 Å². The van der Waals surface area contributed by atoms with Gasteiger partial charge in [0.1, 0.15) is 23.0 Å². The predicted molar refractivity (Wildman–Crippen MR) is 228 cm³/mol. The van der Waals surface area contributed by atoms with Crippen LogP contribution in [0.15, 0.2) is 109 Å². The number of ether oxygens (including phenoxy) is 4. The molecule has 0 heterocycles. The number of rotatable bonds is 11. The highest BCUT2D eigenvalue weighted by Crippen LogP contribution is 2.38. The van der Waals surface area contributed by atoms with Crippen molar-refractivity contribution in [2.45, 2.75) is 41.5 Å². The Labute approximate surface area is 318 Å². The second-order valence-corrected chi connectivity index (χ2v) is 15.6. The van der Waals surface area contributed by atoms with Crippen LogP contribution < -0.4 is 35.4 Å². The van der Waals surface area contributed by atoms with E-state index in [0.29, 0.717) is 22.9 Å². The van der Waals surface area contributed by atoms with Gasteiger partial charge in [-0.2, -0.15) is 0 Å². The Kier molecular flexibility index (Phi) is 13.7. The van der Waals surface area contributed by atoms with Gasteiger partial charge in [-0.05, 0) is 98.2 Å². The smallest absolute Gasteiger partial charge is 0.188 e. The van der Waals surface area contributed by atoms with Crippen LogP contribution in [0.5, 0.6) is 23.0 Å². The third-order valence-electron chi connectivity index (χ3n) is 9.30. The average Bonchev–Trinajstić information content (AvgIpc) is 3.14. The van der Waals surface area contributed by atoms with Crippen molar-refractivity contribution in [3.8, 4) is 45.3 Å². The monoisotopic (exact) mass is 744 g/mol. The lowest BCUT2D eigenvalue weighted by atomic mass is 9.95. The molecule has 0 saturated heterocycles. The Morgan fingerprint density at radius 1 is 0.472 bits per heavy atom. The molecule has 0 fully saturated rings. The minimum Gasteiger partial charge on any atom is -0.507 e. The Morgan fingerprint density at radius 3 is 1.36 bits per heavy atom. The molecular weight excluding hydrogens is 694 g/mol. The second kappa shape index (κ2) is 18.4. The van der Waals surface area contributed by atoms with Gasteiger partial charge in [-0.15, -0.1) is 0 Å². The van der Waals surface area contributed by atoms with Crippen LogP contribution in [-0.4, -0.2) is 33.2 Å². The maximum atomic E-state index is 11.0. The molecule has 0 spiro atoms. The fourth-order valence-corrected chi connectivity index (χ4v) is 9.29. The highest BCUT2D eigenvalue weighted by atomic mass is 31.1. The van der Waals surface area contributed by atoms with E-state index in [1.165, 1.54) is 44.2 Å².